The van der Waals surface area contributed by atoms with Gasteiger partial charge in [-0.05, 0) is 41.8 Å². The molecule has 0 saturated carbocycles. The van der Waals surface area contributed by atoms with E-state index < -0.39 is 0 Å². The van der Waals surface area contributed by atoms with Crippen molar-refractivity contribution >= 4 is 0 Å². The van der Waals surface area contributed by atoms with Gasteiger partial charge in [0, 0.05) is 0 Å². The number of hydrogen-bond acceptors (Lipinski definition) is 2. The highest BCUT2D eigenvalue weighted by Crippen LogP contribution is 2.28. The number of phenolic OH excluding ortho intramolecular Hbond substituents is 1. The molecule has 0 fully saturated rings. The van der Waals surface area contributed by atoms with Gasteiger partial charge in [0.1, 0.15) is 11.5 Å². The van der Waals surface area contributed by atoms with Crippen molar-refractivity contribution in [2.45, 2.75) is 6.92 Å². The minimum absolute atomic E-state index is 0.320. The van der Waals surface area contributed by atoms with Crippen molar-refractivity contribution in [1.82, 2.24) is 0 Å². The van der Waals surface area contributed by atoms with Gasteiger partial charge in [-0.2, -0.15) is 0 Å². The molecule has 0 aliphatic heterocycles. The number of phenols is 1. The molecule has 0 aromatic heterocycles. The molecule has 0 atom stereocenters. The average molecular weight is 214 g/mol. The van der Waals surface area contributed by atoms with Crippen molar-refractivity contribution in [3.05, 3.63) is 48.0 Å². The van der Waals surface area contributed by atoms with Gasteiger partial charge in [-0.25, -0.2) is 0 Å². The third-order valence-electron chi connectivity index (χ3n) is 2.61. The van der Waals surface area contributed by atoms with E-state index in [4.69, 9.17) is 4.74 Å². The molecule has 2 aromatic rings. The zero-order chi connectivity index (χ0) is 11.5. The van der Waals surface area contributed by atoms with Crippen LogP contribution in [0.4, 0.5) is 0 Å². The molecule has 2 rings (SSSR count). The summed E-state index contributed by atoms with van der Waals surface area (Å²) in [6.45, 7) is 1.88. The fraction of sp³-hybridized carbons (Fsp3) is 0.143. The fourth-order valence-corrected chi connectivity index (χ4v) is 1.59. The van der Waals surface area contributed by atoms with E-state index in [9.17, 15) is 5.11 Å². The maximum atomic E-state index is 9.66. The van der Waals surface area contributed by atoms with Gasteiger partial charge in [-0.3, -0.25) is 0 Å². The highest BCUT2D eigenvalue weighted by molar-refractivity contribution is 5.67. The molecule has 82 valence electrons. The largest absolute Gasteiger partial charge is 0.508 e. The normalized spacial score (nSPS) is 10.1. The Bertz CT molecular complexity index is 504. The van der Waals surface area contributed by atoms with Crippen molar-refractivity contribution < 1.29 is 9.84 Å². The lowest BCUT2D eigenvalue weighted by Crippen LogP contribution is -1.84. The molecule has 0 aliphatic rings. The molecule has 0 unspecified atom stereocenters. The lowest BCUT2D eigenvalue weighted by Gasteiger charge is -2.06. The minimum atomic E-state index is 0.320. The number of methoxy groups -OCH3 is 1. The number of aromatic hydroxyl groups is 1. The van der Waals surface area contributed by atoms with Crippen LogP contribution in [0.25, 0.3) is 11.1 Å². The standard InChI is InChI=1S/C14H14O2/c1-10-6-7-12(9-14(10)15)11-4-3-5-13(8-11)16-2/h3-9,15H,1-2H3. The van der Waals surface area contributed by atoms with Crippen LogP contribution < -0.4 is 4.74 Å². The molecule has 0 amide bonds. The highest BCUT2D eigenvalue weighted by atomic mass is 16.5. The molecule has 2 nitrogen and oxygen atoms in total. The molecule has 1 N–H and O–H groups in total. The van der Waals surface area contributed by atoms with Gasteiger partial charge < -0.3 is 9.84 Å². The summed E-state index contributed by atoms with van der Waals surface area (Å²) in [4.78, 5) is 0. The van der Waals surface area contributed by atoms with E-state index >= 15 is 0 Å². The van der Waals surface area contributed by atoms with Crippen LogP contribution in [0.1, 0.15) is 5.56 Å². The molecule has 0 aliphatic carbocycles. The Labute approximate surface area is 95.1 Å². The average Bonchev–Trinajstić information content (AvgIpc) is 2.33. The van der Waals surface area contributed by atoms with Crippen LogP contribution in [0, 0.1) is 6.92 Å². The van der Waals surface area contributed by atoms with Crippen molar-refractivity contribution in [1.29, 1.82) is 0 Å². The van der Waals surface area contributed by atoms with Crippen LogP contribution in [-0.2, 0) is 0 Å². The number of benzene rings is 2. The summed E-state index contributed by atoms with van der Waals surface area (Å²) in [6, 6.07) is 13.4. The van der Waals surface area contributed by atoms with E-state index in [0.717, 1.165) is 22.4 Å². The summed E-state index contributed by atoms with van der Waals surface area (Å²) >= 11 is 0. The van der Waals surface area contributed by atoms with Crippen molar-refractivity contribution in [3.63, 3.8) is 0 Å². The first kappa shape index (κ1) is 10.6. The molecule has 0 radical (unpaired) electrons. The van der Waals surface area contributed by atoms with Crippen LogP contribution >= 0.6 is 0 Å². The van der Waals surface area contributed by atoms with Gasteiger partial charge in [-0.1, -0.05) is 24.3 Å². The maximum Gasteiger partial charge on any atom is 0.119 e. The highest BCUT2D eigenvalue weighted by Gasteiger charge is 2.02. The van der Waals surface area contributed by atoms with Crippen molar-refractivity contribution in [2.75, 3.05) is 7.11 Å². The molecule has 0 bridgehead atoms. The Kier molecular flexibility index (Phi) is 2.82. The molecule has 0 spiro atoms. The molecule has 2 heteroatoms. The van der Waals surface area contributed by atoms with E-state index in [-0.39, 0.29) is 0 Å². The second-order valence-corrected chi connectivity index (χ2v) is 3.73. The van der Waals surface area contributed by atoms with Crippen molar-refractivity contribution in [2.24, 2.45) is 0 Å². The molecule has 0 saturated heterocycles. The van der Waals surface area contributed by atoms with Gasteiger partial charge >= 0.3 is 0 Å². The Balaban J connectivity index is 2.46. The van der Waals surface area contributed by atoms with E-state index in [1.165, 1.54) is 0 Å². The van der Waals surface area contributed by atoms with Gasteiger partial charge in [0.05, 0.1) is 7.11 Å². The number of hydrogen-bond donors (Lipinski definition) is 1. The summed E-state index contributed by atoms with van der Waals surface area (Å²) in [5, 5.41) is 9.66. The first-order valence-electron chi connectivity index (χ1n) is 5.15. The molecule has 0 heterocycles. The minimum Gasteiger partial charge on any atom is -0.508 e. The van der Waals surface area contributed by atoms with Crippen LogP contribution in [0.2, 0.25) is 0 Å². The zero-order valence-electron chi connectivity index (χ0n) is 9.40. The van der Waals surface area contributed by atoms with E-state index in [1.54, 1.807) is 13.2 Å². The zero-order valence-corrected chi connectivity index (χ0v) is 9.40. The molecular weight excluding hydrogens is 200 g/mol. The molecular formula is C14H14O2. The summed E-state index contributed by atoms with van der Waals surface area (Å²) in [5.74, 6) is 1.14. The van der Waals surface area contributed by atoms with E-state index in [0.29, 0.717) is 5.75 Å². The number of aryl methyl sites for hydroxylation is 1. The van der Waals surface area contributed by atoms with Crippen LogP contribution in [0.5, 0.6) is 11.5 Å². The van der Waals surface area contributed by atoms with E-state index in [1.807, 2.05) is 43.3 Å². The third-order valence-corrected chi connectivity index (χ3v) is 2.61. The number of rotatable bonds is 2. The second kappa shape index (κ2) is 4.27. The Morgan fingerprint density at radius 3 is 2.44 bits per heavy atom. The quantitative estimate of drug-likeness (QED) is 0.830. The Morgan fingerprint density at radius 2 is 1.75 bits per heavy atom. The van der Waals surface area contributed by atoms with Crippen LogP contribution in [0.3, 0.4) is 0 Å². The fourth-order valence-electron chi connectivity index (χ4n) is 1.59. The summed E-state index contributed by atoms with van der Waals surface area (Å²) < 4.78 is 5.17. The van der Waals surface area contributed by atoms with E-state index in [2.05, 4.69) is 0 Å². The lowest BCUT2D eigenvalue weighted by molar-refractivity contribution is 0.415. The second-order valence-electron chi connectivity index (χ2n) is 3.73. The van der Waals surface area contributed by atoms with Gasteiger partial charge in [-0.15, -0.1) is 0 Å². The number of ether oxygens (including phenoxy) is 1. The topological polar surface area (TPSA) is 29.5 Å². The maximum absolute atomic E-state index is 9.66. The van der Waals surface area contributed by atoms with Crippen molar-refractivity contribution in [3.8, 4) is 22.6 Å². The third kappa shape index (κ3) is 2.01. The van der Waals surface area contributed by atoms with Gasteiger partial charge in [0.25, 0.3) is 0 Å². The first-order valence-corrected chi connectivity index (χ1v) is 5.15. The van der Waals surface area contributed by atoms with Gasteiger partial charge in [0.2, 0.25) is 0 Å². The Hall–Kier alpha value is -1.96. The summed E-state index contributed by atoms with van der Waals surface area (Å²) in [5.41, 5.74) is 2.91. The summed E-state index contributed by atoms with van der Waals surface area (Å²) in [6.07, 6.45) is 0. The predicted molar refractivity (Wildman–Crippen MR) is 64.8 cm³/mol. The summed E-state index contributed by atoms with van der Waals surface area (Å²) in [7, 11) is 1.64. The van der Waals surface area contributed by atoms with Crippen LogP contribution in [0.15, 0.2) is 42.5 Å². The SMILES string of the molecule is COc1cccc(-c2ccc(C)c(O)c2)c1. The monoisotopic (exact) mass is 214 g/mol. The molecule has 2 aromatic carbocycles. The smallest absolute Gasteiger partial charge is 0.119 e. The Morgan fingerprint density at radius 1 is 1.00 bits per heavy atom. The van der Waals surface area contributed by atoms with Gasteiger partial charge in [0.15, 0.2) is 0 Å². The predicted octanol–water partition coefficient (Wildman–Crippen LogP) is 3.38. The lowest BCUT2D eigenvalue weighted by atomic mass is 10.0. The molecule has 16 heavy (non-hydrogen) atoms. The first-order chi connectivity index (χ1) is 7.70. The van der Waals surface area contributed by atoms with Crippen LogP contribution in [-0.4, -0.2) is 12.2 Å².